The Morgan fingerprint density at radius 3 is 2.57 bits per heavy atom. The minimum Gasteiger partial charge on any atom is -0.489 e. The molecule has 3 heterocycles. The summed E-state index contributed by atoms with van der Waals surface area (Å²) in [5.41, 5.74) is 9.98. The maximum absolute atomic E-state index is 8.79. The lowest BCUT2D eigenvalue weighted by molar-refractivity contribution is 0.306. The third-order valence-corrected chi connectivity index (χ3v) is 5.80. The predicted molar refractivity (Wildman–Crippen MR) is 138 cm³/mol. The molecule has 8 nitrogen and oxygen atoms in total. The van der Waals surface area contributed by atoms with Gasteiger partial charge in [-0.15, -0.1) is 0 Å². The van der Waals surface area contributed by atoms with Gasteiger partial charge in [-0.3, -0.25) is 15.4 Å². The Morgan fingerprint density at radius 1 is 1.06 bits per heavy atom. The van der Waals surface area contributed by atoms with Gasteiger partial charge in [0.25, 0.3) is 0 Å². The van der Waals surface area contributed by atoms with Crippen molar-refractivity contribution in [1.29, 1.82) is 5.41 Å². The van der Waals surface area contributed by atoms with Gasteiger partial charge >= 0.3 is 0 Å². The molecule has 10 heteroatoms. The summed E-state index contributed by atoms with van der Waals surface area (Å²) in [6.07, 6.45) is 6.31. The Bertz CT molecular complexity index is 1330. The fraction of sp³-hybridized carbons (Fsp3) is 0.120. The molecule has 0 amide bonds. The van der Waals surface area contributed by atoms with Crippen LogP contribution in [-0.2, 0) is 13.2 Å². The second-order valence-electron chi connectivity index (χ2n) is 7.45. The summed E-state index contributed by atoms with van der Waals surface area (Å²) in [5.74, 6) is 0.923. The largest absolute Gasteiger partial charge is 0.489 e. The molecule has 178 valence electrons. The molecule has 0 atom stereocenters. The minimum atomic E-state index is 0.141. The summed E-state index contributed by atoms with van der Waals surface area (Å²) < 4.78 is 11.3. The number of hydrogen-bond donors (Lipinski definition) is 3. The van der Waals surface area contributed by atoms with Crippen LogP contribution in [0, 0.1) is 5.41 Å². The third-order valence-electron chi connectivity index (χ3n) is 5.15. The highest BCUT2D eigenvalue weighted by Crippen LogP contribution is 2.29. The lowest BCUT2D eigenvalue weighted by Gasteiger charge is -2.15. The zero-order valence-corrected chi connectivity index (χ0v) is 20.3. The minimum absolute atomic E-state index is 0.141. The van der Waals surface area contributed by atoms with Crippen molar-refractivity contribution < 1.29 is 9.47 Å². The van der Waals surface area contributed by atoms with E-state index in [1.807, 2.05) is 18.2 Å². The SMILES string of the molecule is COc1ncc(C(=N)c2cc(OCc3c(Cl)cncc3Cl)ccc2N)cc1NCc1ccccn1. The average molecular weight is 509 g/mol. The average Bonchev–Trinajstić information content (AvgIpc) is 2.88. The molecule has 4 rings (SSSR count). The molecule has 35 heavy (non-hydrogen) atoms. The first-order valence-electron chi connectivity index (χ1n) is 10.5. The van der Waals surface area contributed by atoms with E-state index >= 15 is 0 Å². The third kappa shape index (κ3) is 5.79. The quantitative estimate of drug-likeness (QED) is 0.205. The van der Waals surface area contributed by atoms with E-state index in [0.717, 1.165) is 5.69 Å². The van der Waals surface area contributed by atoms with Gasteiger partial charge in [0.05, 0.1) is 40.8 Å². The van der Waals surface area contributed by atoms with Crippen LogP contribution in [0.4, 0.5) is 11.4 Å². The van der Waals surface area contributed by atoms with Crippen molar-refractivity contribution in [2.45, 2.75) is 13.2 Å². The van der Waals surface area contributed by atoms with E-state index in [1.54, 1.807) is 43.8 Å². The molecule has 4 aromatic rings. The van der Waals surface area contributed by atoms with Crippen molar-refractivity contribution in [3.63, 3.8) is 0 Å². The van der Waals surface area contributed by atoms with E-state index in [-0.39, 0.29) is 12.3 Å². The maximum Gasteiger partial charge on any atom is 0.237 e. The number of nitrogens with zero attached hydrogens (tertiary/aromatic N) is 3. The van der Waals surface area contributed by atoms with Crippen LogP contribution < -0.4 is 20.5 Å². The summed E-state index contributed by atoms with van der Waals surface area (Å²) >= 11 is 12.4. The Labute approximate surface area is 212 Å². The number of nitrogens with one attached hydrogen (secondary N) is 2. The predicted octanol–water partition coefficient (Wildman–Crippen LogP) is 5.38. The molecule has 0 saturated carbocycles. The first-order chi connectivity index (χ1) is 17.0. The molecule has 0 aliphatic rings. The molecule has 0 aliphatic heterocycles. The first-order valence-corrected chi connectivity index (χ1v) is 11.3. The summed E-state index contributed by atoms with van der Waals surface area (Å²) in [7, 11) is 1.54. The molecule has 0 radical (unpaired) electrons. The molecule has 0 saturated heterocycles. The number of rotatable bonds is 9. The molecule has 1 aromatic carbocycles. The molecule has 0 spiro atoms. The number of halogens is 2. The van der Waals surface area contributed by atoms with E-state index < -0.39 is 0 Å². The fourth-order valence-corrected chi connectivity index (χ4v) is 3.77. The Morgan fingerprint density at radius 2 is 1.86 bits per heavy atom. The number of ether oxygens (including phenoxy) is 2. The topological polar surface area (TPSA) is 119 Å². The van der Waals surface area contributed by atoms with Crippen molar-refractivity contribution >= 4 is 40.3 Å². The van der Waals surface area contributed by atoms with Gasteiger partial charge < -0.3 is 20.5 Å². The molecule has 0 aliphatic carbocycles. The normalized spacial score (nSPS) is 10.6. The van der Waals surface area contributed by atoms with Gasteiger partial charge in [-0.05, 0) is 36.4 Å². The van der Waals surface area contributed by atoms with Gasteiger partial charge in [0, 0.05) is 47.2 Å². The number of nitrogens with two attached hydrogens (primary N) is 1. The zero-order valence-electron chi connectivity index (χ0n) is 18.8. The van der Waals surface area contributed by atoms with Crippen molar-refractivity contribution in [3.8, 4) is 11.6 Å². The molecule has 3 aromatic heterocycles. The molecule has 4 N–H and O–H groups in total. The standard InChI is InChI=1S/C25H22Cl2N6O2/c1-34-25-23(32-11-16-4-2-3-7-31-16)8-15(10-33-25)24(29)18-9-17(5-6-22(18)28)35-14-19-20(26)12-30-13-21(19)27/h2-10,12-13,29,32H,11,14,28H2,1H3. The number of methoxy groups -OCH3 is 1. The van der Waals surface area contributed by atoms with E-state index in [0.29, 0.717) is 56.3 Å². The van der Waals surface area contributed by atoms with Gasteiger partial charge in [0.15, 0.2) is 0 Å². The second-order valence-corrected chi connectivity index (χ2v) is 8.26. The van der Waals surface area contributed by atoms with Crippen LogP contribution in [0.25, 0.3) is 0 Å². The second kappa shape index (κ2) is 11.0. The fourth-order valence-electron chi connectivity index (χ4n) is 3.30. The van der Waals surface area contributed by atoms with Crippen LogP contribution in [0.15, 0.2) is 67.3 Å². The molecule has 0 bridgehead atoms. The summed E-state index contributed by atoms with van der Waals surface area (Å²) in [5, 5.41) is 12.9. The molecule has 0 unspecified atom stereocenters. The van der Waals surface area contributed by atoms with E-state index in [1.165, 1.54) is 12.4 Å². The maximum atomic E-state index is 8.79. The van der Waals surface area contributed by atoms with Gasteiger partial charge in [-0.25, -0.2) is 4.98 Å². The van der Waals surface area contributed by atoms with E-state index in [4.69, 9.17) is 43.8 Å². The number of hydrogen-bond acceptors (Lipinski definition) is 8. The van der Waals surface area contributed by atoms with Gasteiger partial charge in [-0.2, -0.15) is 0 Å². The van der Waals surface area contributed by atoms with Crippen LogP contribution >= 0.6 is 23.2 Å². The number of benzene rings is 1. The highest BCUT2D eigenvalue weighted by Gasteiger charge is 2.15. The zero-order chi connectivity index (χ0) is 24.8. The lowest BCUT2D eigenvalue weighted by Crippen LogP contribution is -2.09. The van der Waals surface area contributed by atoms with Crippen molar-refractivity contribution in [2.75, 3.05) is 18.2 Å². The van der Waals surface area contributed by atoms with Gasteiger partial charge in [0.2, 0.25) is 5.88 Å². The van der Waals surface area contributed by atoms with Gasteiger partial charge in [0.1, 0.15) is 12.4 Å². The van der Waals surface area contributed by atoms with Gasteiger partial charge in [-0.1, -0.05) is 29.3 Å². The van der Waals surface area contributed by atoms with E-state index in [2.05, 4.69) is 20.3 Å². The Balaban J connectivity index is 1.55. The lowest BCUT2D eigenvalue weighted by atomic mass is 10.0. The van der Waals surface area contributed by atoms with Crippen LogP contribution in [0.5, 0.6) is 11.6 Å². The molecule has 0 fully saturated rings. The monoisotopic (exact) mass is 508 g/mol. The smallest absolute Gasteiger partial charge is 0.237 e. The van der Waals surface area contributed by atoms with Crippen LogP contribution in [0.3, 0.4) is 0 Å². The number of aromatic nitrogens is 3. The van der Waals surface area contributed by atoms with Crippen molar-refractivity contribution in [3.05, 3.63) is 99.7 Å². The van der Waals surface area contributed by atoms with Crippen LogP contribution in [0.1, 0.15) is 22.4 Å². The van der Waals surface area contributed by atoms with Crippen LogP contribution in [-0.4, -0.2) is 27.8 Å². The molecular weight excluding hydrogens is 487 g/mol. The summed E-state index contributed by atoms with van der Waals surface area (Å²) in [6, 6.07) is 12.6. The van der Waals surface area contributed by atoms with Crippen molar-refractivity contribution in [2.24, 2.45) is 0 Å². The number of nitrogen functional groups attached to an aromatic ring is 1. The highest BCUT2D eigenvalue weighted by molar-refractivity contribution is 6.35. The first kappa shape index (κ1) is 24.3. The highest BCUT2D eigenvalue weighted by atomic mass is 35.5. The van der Waals surface area contributed by atoms with Crippen LogP contribution in [0.2, 0.25) is 10.0 Å². The summed E-state index contributed by atoms with van der Waals surface area (Å²) in [6.45, 7) is 0.615. The Kier molecular flexibility index (Phi) is 7.64. The molecular formula is C25H22Cl2N6O2. The van der Waals surface area contributed by atoms with Crippen molar-refractivity contribution in [1.82, 2.24) is 15.0 Å². The number of anilines is 2. The Hall–Kier alpha value is -3.88. The van der Waals surface area contributed by atoms with E-state index in [9.17, 15) is 0 Å². The summed E-state index contributed by atoms with van der Waals surface area (Å²) in [4.78, 5) is 12.6. The number of pyridine rings is 3.